The molecule has 0 aromatic carbocycles. The molecule has 1 amide bonds. The highest BCUT2D eigenvalue weighted by Gasteiger charge is 2.52. The third-order valence-electron chi connectivity index (χ3n) is 6.81. The van der Waals surface area contributed by atoms with E-state index in [4.69, 9.17) is 14.4 Å². The third-order valence-corrected chi connectivity index (χ3v) is 6.81. The monoisotopic (exact) mass is 448 g/mol. The molecule has 32 heavy (non-hydrogen) atoms. The molecule has 0 spiro atoms. The number of hydrogen-bond acceptors (Lipinski definition) is 8. The predicted molar refractivity (Wildman–Crippen MR) is 123 cm³/mol. The van der Waals surface area contributed by atoms with Gasteiger partial charge in [-0.05, 0) is 60.3 Å². The summed E-state index contributed by atoms with van der Waals surface area (Å²) in [5, 5.41) is 18.8. The van der Waals surface area contributed by atoms with E-state index in [1.54, 1.807) is 17.3 Å². The summed E-state index contributed by atoms with van der Waals surface area (Å²) >= 11 is 0. The zero-order chi connectivity index (χ0) is 23.7. The van der Waals surface area contributed by atoms with Gasteiger partial charge in [-0.3, -0.25) is 4.79 Å². The van der Waals surface area contributed by atoms with Crippen molar-refractivity contribution in [2.75, 3.05) is 31.1 Å². The fraction of sp³-hybridized carbons (Fsp3) is 0.773. The van der Waals surface area contributed by atoms with Gasteiger partial charge in [-0.25, -0.2) is 9.97 Å². The minimum atomic E-state index is -1.35. The molecule has 10 heteroatoms. The molecule has 178 valence electrons. The molecule has 1 aromatic heterocycles. The fourth-order valence-corrected chi connectivity index (χ4v) is 4.09. The second-order valence-electron chi connectivity index (χ2n) is 10.1. The van der Waals surface area contributed by atoms with Crippen molar-refractivity contribution in [1.29, 1.82) is 0 Å². The van der Waals surface area contributed by atoms with E-state index in [-0.39, 0.29) is 12.0 Å². The first-order valence-corrected chi connectivity index (χ1v) is 11.5. The standard InChI is InChI=1S/C22H37BN4O5/c1-15(2)27(13-16-8-7-9-26(12-16)19(30)18(29)14-28)20-24-10-17(11-25-20)23-31-21(3,4)22(5,6)32-23/h10-11,15-16,18,28-29H,7-9,12-14H2,1-6H3/t16-,18+/m1/s1. The van der Waals surface area contributed by atoms with Crippen LogP contribution in [0.15, 0.2) is 12.4 Å². The van der Waals surface area contributed by atoms with Crippen molar-refractivity contribution < 1.29 is 24.3 Å². The van der Waals surface area contributed by atoms with E-state index in [1.807, 2.05) is 27.7 Å². The number of rotatable bonds is 7. The van der Waals surface area contributed by atoms with Crippen LogP contribution >= 0.6 is 0 Å². The number of hydrogen-bond donors (Lipinski definition) is 2. The van der Waals surface area contributed by atoms with Crippen LogP contribution in [0.4, 0.5) is 5.95 Å². The van der Waals surface area contributed by atoms with Crippen LogP contribution in [0, 0.1) is 5.92 Å². The van der Waals surface area contributed by atoms with Gasteiger partial charge in [0.2, 0.25) is 5.95 Å². The lowest BCUT2D eigenvalue weighted by Gasteiger charge is -2.37. The Kier molecular flexibility index (Phi) is 7.49. The van der Waals surface area contributed by atoms with Gasteiger partial charge in [-0.2, -0.15) is 0 Å². The summed E-state index contributed by atoms with van der Waals surface area (Å²) in [7, 11) is -0.502. The maximum atomic E-state index is 12.3. The first kappa shape index (κ1) is 24.9. The van der Waals surface area contributed by atoms with Crippen LogP contribution in [0.3, 0.4) is 0 Å². The summed E-state index contributed by atoms with van der Waals surface area (Å²) in [6.07, 6.45) is 4.01. The molecule has 2 aliphatic rings. The van der Waals surface area contributed by atoms with Gasteiger partial charge >= 0.3 is 7.12 Å². The van der Waals surface area contributed by atoms with E-state index >= 15 is 0 Å². The van der Waals surface area contributed by atoms with Crippen molar-refractivity contribution in [3.63, 3.8) is 0 Å². The Balaban J connectivity index is 1.68. The highest BCUT2D eigenvalue weighted by atomic mass is 16.7. The number of aromatic nitrogens is 2. The van der Waals surface area contributed by atoms with E-state index in [0.29, 0.717) is 25.6 Å². The van der Waals surface area contributed by atoms with Gasteiger partial charge in [0, 0.05) is 43.5 Å². The van der Waals surface area contributed by atoms with Crippen LogP contribution in [0.25, 0.3) is 0 Å². The van der Waals surface area contributed by atoms with Gasteiger partial charge in [0.25, 0.3) is 5.91 Å². The van der Waals surface area contributed by atoms with Gasteiger partial charge in [0.05, 0.1) is 17.8 Å². The second kappa shape index (κ2) is 9.63. The Labute approximate surface area is 191 Å². The number of amides is 1. The first-order valence-electron chi connectivity index (χ1n) is 11.5. The van der Waals surface area contributed by atoms with Crippen LogP contribution in [0.2, 0.25) is 0 Å². The van der Waals surface area contributed by atoms with Gasteiger partial charge in [-0.15, -0.1) is 0 Å². The topological polar surface area (TPSA) is 108 Å². The third kappa shape index (κ3) is 5.25. The maximum absolute atomic E-state index is 12.3. The predicted octanol–water partition coefficient (Wildman–Crippen LogP) is 0.582. The summed E-state index contributed by atoms with van der Waals surface area (Å²) in [5.74, 6) is 0.447. The number of carbonyl (C=O) groups is 1. The molecule has 0 unspecified atom stereocenters. The van der Waals surface area contributed by atoms with Crippen molar-refractivity contribution >= 4 is 24.4 Å². The molecular formula is C22H37BN4O5. The smallest absolute Gasteiger partial charge is 0.399 e. The summed E-state index contributed by atoms with van der Waals surface area (Å²) in [5.41, 5.74) is -0.0638. The largest absolute Gasteiger partial charge is 0.498 e. The van der Waals surface area contributed by atoms with E-state index < -0.39 is 36.9 Å². The van der Waals surface area contributed by atoms with Crippen molar-refractivity contribution in [3.05, 3.63) is 12.4 Å². The minimum absolute atomic E-state index is 0.173. The molecule has 3 heterocycles. The average Bonchev–Trinajstić information content (AvgIpc) is 2.98. The molecule has 0 bridgehead atoms. The van der Waals surface area contributed by atoms with Crippen LogP contribution in [0.5, 0.6) is 0 Å². The number of carbonyl (C=O) groups excluding carboxylic acids is 1. The molecule has 2 saturated heterocycles. The van der Waals surface area contributed by atoms with Crippen LogP contribution in [-0.4, -0.2) is 87.7 Å². The molecule has 2 atom stereocenters. The molecule has 1 aromatic rings. The number of likely N-dealkylation sites (tertiary alicyclic amines) is 1. The lowest BCUT2D eigenvalue weighted by Crippen LogP contribution is -2.49. The number of aliphatic hydroxyl groups is 2. The molecule has 2 fully saturated rings. The van der Waals surface area contributed by atoms with E-state index in [2.05, 4.69) is 28.7 Å². The normalized spacial score (nSPS) is 23.5. The molecule has 3 rings (SSSR count). The van der Waals surface area contributed by atoms with Crippen LogP contribution in [0.1, 0.15) is 54.4 Å². The summed E-state index contributed by atoms with van der Waals surface area (Å²) < 4.78 is 12.2. The van der Waals surface area contributed by atoms with Crippen LogP contribution in [-0.2, 0) is 14.1 Å². The molecule has 0 aliphatic carbocycles. The average molecular weight is 448 g/mol. The Morgan fingerprint density at radius 2 is 1.84 bits per heavy atom. The first-order chi connectivity index (χ1) is 14.9. The molecule has 2 N–H and O–H groups in total. The quantitative estimate of drug-likeness (QED) is 0.584. The fourth-order valence-electron chi connectivity index (χ4n) is 4.09. The maximum Gasteiger partial charge on any atom is 0.498 e. The van der Waals surface area contributed by atoms with Gasteiger partial charge in [0.1, 0.15) is 0 Å². The van der Waals surface area contributed by atoms with Gasteiger partial charge in [-0.1, -0.05) is 0 Å². The number of piperidine rings is 1. The molecule has 0 radical (unpaired) electrons. The van der Waals surface area contributed by atoms with Crippen molar-refractivity contribution in [2.45, 2.75) is 77.7 Å². The molecule has 9 nitrogen and oxygen atoms in total. The number of aliphatic hydroxyl groups excluding tert-OH is 2. The SMILES string of the molecule is CC(C)N(C[C@@H]1CCCN(C(=O)[C@@H](O)CO)C1)c1ncc(B2OC(C)(C)C(C)(C)O2)cn1. The summed E-state index contributed by atoms with van der Waals surface area (Å²) in [6.45, 7) is 13.5. The Bertz CT molecular complexity index is 773. The minimum Gasteiger partial charge on any atom is -0.399 e. The number of nitrogens with zero attached hydrogens (tertiary/aromatic N) is 4. The van der Waals surface area contributed by atoms with E-state index in [1.165, 1.54) is 0 Å². The van der Waals surface area contributed by atoms with Crippen molar-refractivity contribution in [1.82, 2.24) is 14.9 Å². The Hall–Kier alpha value is -1.75. The van der Waals surface area contributed by atoms with E-state index in [9.17, 15) is 9.90 Å². The van der Waals surface area contributed by atoms with Gasteiger partial charge < -0.3 is 29.3 Å². The zero-order valence-corrected chi connectivity index (χ0v) is 20.1. The Morgan fingerprint density at radius 1 is 1.25 bits per heavy atom. The molecule has 0 saturated carbocycles. The molecule has 2 aliphatic heterocycles. The summed E-state index contributed by atoms with van der Waals surface area (Å²) in [4.78, 5) is 25.3. The second-order valence-corrected chi connectivity index (χ2v) is 10.1. The number of anilines is 1. The zero-order valence-electron chi connectivity index (χ0n) is 20.1. The lowest BCUT2D eigenvalue weighted by molar-refractivity contribution is -0.143. The van der Waals surface area contributed by atoms with Crippen molar-refractivity contribution in [2.24, 2.45) is 5.92 Å². The van der Waals surface area contributed by atoms with Gasteiger partial charge in [0.15, 0.2) is 6.10 Å². The lowest BCUT2D eigenvalue weighted by atomic mass is 9.81. The van der Waals surface area contributed by atoms with Crippen LogP contribution < -0.4 is 10.4 Å². The Morgan fingerprint density at radius 3 is 2.38 bits per heavy atom. The highest BCUT2D eigenvalue weighted by molar-refractivity contribution is 6.61. The summed E-state index contributed by atoms with van der Waals surface area (Å²) in [6, 6.07) is 0.173. The van der Waals surface area contributed by atoms with Crippen molar-refractivity contribution in [3.8, 4) is 0 Å². The highest BCUT2D eigenvalue weighted by Crippen LogP contribution is 2.36. The molecular weight excluding hydrogens is 411 g/mol. The van der Waals surface area contributed by atoms with E-state index in [0.717, 1.165) is 18.3 Å².